The first-order chi connectivity index (χ1) is 13.1. The van der Waals surface area contributed by atoms with Crippen LogP contribution in [0.2, 0.25) is 0 Å². The number of ether oxygens (including phenoxy) is 2. The van der Waals surface area contributed by atoms with E-state index in [0.29, 0.717) is 23.8 Å². The lowest BCUT2D eigenvalue weighted by Crippen LogP contribution is -2.23. The summed E-state index contributed by atoms with van der Waals surface area (Å²) in [5, 5.41) is 0. The Morgan fingerprint density at radius 3 is 2.50 bits per heavy atom. The molecule has 4 heteroatoms. The van der Waals surface area contributed by atoms with Gasteiger partial charge in [0.1, 0.15) is 5.75 Å². The standard InChI is InChI=1S/C24H33FO3/c1-8-12-28-21-14-20-19(17(15(3)4)10-11-24(20,6)7)13-18(21)16(5)22(25)23(26)27-9-2/h10,13-15H,8-9,11-12H2,1-7H3. The molecule has 0 radical (unpaired) electrons. The van der Waals surface area contributed by atoms with Crippen LogP contribution in [0, 0.1) is 5.92 Å². The van der Waals surface area contributed by atoms with Crippen molar-refractivity contribution < 1.29 is 18.7 Å². The van der Waals surface area contributed by atoms with Gasteiger partial charge in [-0.25, -0.2) is 4.79 Å². The fourth-order valence-electron chi connectivity index (χ4n) is 3.60. The van der Waals surface area contributed by atoms with Crippen LogP contribution in [0.1, 0.15) is 78.0 Å². The van der Waals surface area contributed by atoms with E-state index in [2.05, 4.69) is 33.8 Å². The minimum atomic E-state index is -0.931. The number of halogens is 1. The predicted octanol–water partition coefficient (Wildman–Crippen LogP) is 6.46. The molecular weight excluding hydrogens is 355 g/mol. The van der Waals surface area contributed by atoms with Crippen molar-refractivity contribution in [3.8, 4) is 5.75 Å². The van der Waals surface area contributed by atoms with Gasteiger partial charge in [-0.1, -0.05) is 40.7 Å². The van der Waals surface area contributed by atoms with Crippen molar-refractivity contribution in [2.24, 2.45) is 5.92 Å². The summed E-state index contributed by atoms with van der Waals surface area (Å²) in [6.45, 7) is 14.7. The van der Waals surface area contributed by atoms with Gasteiger partial charge in [-0.05, 0) is 66.9 Å². The van der Waals surface area contributed by atoms with Crippen molar-refractivity contribution in [2.45, 2.75) is 66.7 Å². The largest absolute Gasteiger partial charge is 0.493 e. The summed E-state index contributed by atoms with van der Waals surface area (Å²) < 4.78 is 25.6. The molecule has 0 aliphatic heterocycles. The molecule has 0 unspecified atom stereocenters. The second kappa shape index (κ2) is 8.93. The van der Waals surface area contributed by atoms with Gasteiger partial charge in [0.25, 0.3) is 0 Å². The molecule has 1 aromatic carbocycles. The van der Waals surface area contributed by atoms with Crippen LogP contribution in [-0.2, 0) is 14.9 Å². The van der Waals surface area contributed by atoms with Crippen LogP contribution in [0.15, 0.2) is 24.0 Å². The summed E-state index contributed by atoms with van der Waals surface area (Å²) in [6, 6.07) is 4.03. The summed E-state index contributed by atoms with van der Waals surface area (Å²) in [6.07, 6.45) is 4.08. The van der Waals surface area contributed by atoms with Gasteiger partial charge in [0.15, 0.2) is 0 Å². The molecule has 0 N–H and O–H groups in total. The molecule has 154 valence electrons. The fourth-order valence-corrected chi connectivity index (χ4v) is 3.60. The van der Waals surface area contributed by atoms with E-state index < -0.39 is 11.8 Å². The third-order valence-electron chi connectivity index (χ3n) is 5.26. The Labute approximate surface area is 168 Å². The number of benzene rings is 1. The maximum atomic E-state index is 14.7. The molecule has 3 nitrogen and oxygen atoms in total. The zero-order valence-corrected chi connectivity index (χ0v) is 18.2. The predicted molar refractivity (Wildman–Crippen MR) is 113 cm³/mol. The van der Waals surface area contributed by atoms with E-state index in [9.17, 15) is 9.18 Å². The van der Waals surface area contributed by atoms with Crippen molar-refractivity contribution in [2.75, 3.05) is 13.2 Å². The molecule has 0 fully saturated rings. The van der Waals surface area contributed by atoms with Gasteiger partial charge in [-0.3, -0.25) is 0 Å². The van der Waals surface area contributed by atoms with E-state index in [1.807, 2.05) is 19.1 Å². The van der Waals surface area contributed by atoms with Crippen molar-refractivity contribution >= 4 is 17.1 Å². The van der Waals surface area contributed by atoms with Gasteiger partial charge in [0.2, 0.25) is 5.83 Å². The van der Waals surface area contributed by atoms with Gasteiger partial charge >= 0.3 is 5.97 Å². The van der Waals surface area contributed by atoms with Crippen LogP contribution in [-0.4, -0.2) is 19.2 Å². The molecule has 0 saturated heterocycles. The second-order valence-electron chi connectivity index (χ2n) is 8.30. The third kappa shape index (κ3) is 4.48. The molecular formula is C24H33FO3. The molecule has 0 bridgehead atoms. The summed E-state index contributed by atoms with van der Waals surface area (Å²) in [7, 11) is 0. The molecule has 0 saturated carbocycles. The highest BCUT2D eigenvalue weighted by molar-refractivity contribution is 5.96. The monoisotopic (exact) mass is 388 g/mol. The molecule has 0 atom stereocenters. The zero-order valence-electron chi connectivity index (χ0n) is 18.2. The number of rotatable bonds is 7. The highest BCUT2D eigenvalue weighted by atomic mass is 19.1. The first-order valence-corrected chi connectivity index (χ1v) is 10.2. The lowest BCUT2D eigenvalue weighted by molar-refractivity contribution is -0.140. The summed E-state index contributed by atoms with van der Waals surface area (Å²) >= 11 is 0. The lowest BCUT2D eigenvalue weighted by Gasteiger charge is -2.34. The van der Waals surface area contributed by atoms with E-state index in [4.69, 9.17) is 9.47 Å². The third-order valence-corrected chi connectivity index (χ3v) is 5.26. The van der Waals surface area contributed by atoms with Gasteiger partial charge in [0.05, 0.1) is 13.2 Å². The van der Waals surface area contributed by atoms with Crippen LogP contribution in [0.4, 0.5) is 4.39 Å². The molecule has 2 rings (SSSR count). The Kier molecular flexibility index (Phi) is 7.08. The van der Waals surface area contributed by atoms with Gasteiger partial charge in [-0.15, -0.1) is 0 Å². The SMILES string of the molecule is CCCOc1cc2c(cc1C(C)=C(F)C(=O)OCC)C(C(C)C)=CCC2(C)C. The highest BCUT2D eigenvalue weighted by Gasteiger charge is 2.31. The number of carbonyl (C=O) groups is 1. The number of fused-ring (bicyclic) bond motifs is 1. The van der Waals surface area contributed by atoms with Crippen molar-refractivity contribution in [3.05, 3.63) is 40.7 Å². The van der Waals surface area contributed by atoms with E-state index in [-0.39, 0.29) is 17.6 Å². The quantitative estimate of drug-likeness (QED) is 0.397. The van der Waals surface area contributed by atoms with Crippen LogP contribution in [0.5, 0.6) is 5.75 Å². The maximum absolute atomic E-state index is 14.7. The molecule has 1 aliphatic rings. The number of hydrogen-bond donors (Lipinski definition) is 0. The van der Waals surface area contributed by atoms with E-state index in [0.717, 1.165) is 18.4 Å². The summed E-state index contributed by atoms with van der Waals surface area (Å²) in [4.78, 5) is 11.9. The molecule has 28 heavy (non-hydrogen) atoms. The van der Waals surface area contributed by atoms with Gasteiger partial charge < -0.3 is 9.47 Å². The summed E-state index contributed by atoms with van der Waals surface area (Å²) in [5.74, 6) is -0.827. The normalized spacial score (nSPS) is 16.2. The van der Waals surface area contributed by atoms with E-state index in [1.54, 1.807) is 13.8 Å². The van der Waals surface area contributed by atoms with Crippen LogP contribution in [0.25, 0.3) is 11.1 Å². The number of allylic oxidation sites excluding steroid dienone is 3. The highest BCUT2D eigenvalue weighted by Crippen LogP contribution is 2.45. The van der Waals surface area contributed by atoms with Crippen LogP contribution >= 0.6 is 0 Å². The number of esters is 1. The molecule has 0 amide bonds. The van der Waals surface area contributed by atoms with Gasteiger partial charge in [-0.2, -0.15) is 4.39 Å². The van der Waals surface area contributed by atoms with E-state index >= 15 is 0 Å². The number of carbonyl (C=O) groups excluding carboxylic acids is 1. The zero-order chi connectivity index (χ0) is 21.1. The van der Waals surface area contributed by atoms with Crippen LogP contribution in [0.3, 0.4) is 0 Å². The maximum Gasteiger partial charge on any atom is 0.367 e. The Morgan fingerprint density at radius 1 is 1.25 bits per heavy atom. The molecule has 1 aliphatic carbocycles. The average Bonchev–Trinajstić information content (AvgIpc) is 2.64. The molecule has 0 spiro atoms. The van der Waals surface area contributed by atoms with Crippen molar-refractivity contribution in [1.82, 2.24) is 0 Å². The van der Waals surface area contributed by atoms with Crippen molar-refractivity contribution in [1.29, 1.82) is 0 Å². The Morgan fingerprint density at radius 2 is 1.93 bits per heavy atom. The average molecular weight is 389 g/mol. The van der Waals surface area contributed by atoms with E-state index in [1.165, 1.54) is 11.1 Å². The first-order valence-electron chi connectivity index (χ1n) is 10.2. The second-order valence-corrected chi connectivity index (χ2v) is 8.30. The summed E-state index contributed by atoms with van der Waals surface area (Å²) in [5.41, 5.74) is 4.40. The lowest BCUT2D eigenvalue weighted by atomic mass is 9.70. The molecule has 0 heterocycles. The Balaban J connectivity index is 2.71. The molecule has 0 aromatic heterocycles. The van der Waals surface area contributed by atoms with Crippen LogP contribution < -0.4 is 4.74 Å². The fraction of sp³-hybridized carbons (Fsp3) is 0.542. The Hall–Kier alpha value is -2.10. The minimum Gasteiger partial charge on any atom is -0.493 e. The molecule has 1 aromatic rings. The van der Waals surface area contributed by atoms with Gasteiger partial charge in [0, 0.05) is 11.1 Å². The number of hydrogen-bond acceptors (Lipinski definition) is 3. The van der Waals surface area contributed by atoms with Crippen molar-refractivity contribution in [3.63, 3.8) is 0 Å². The Bertz CT molecular complexity index is 800. The first kappa shape index (κ1) is 22.2. The minimum absolute atomic E-state index is 0.0338. The topological polar surface area (TPSA) is 35.5 Å². The smallest absolute Gasteiger partial charge is 0.367 e.